The van der Waals surface area contributed by atoms with E-state index in [0.717, 1.165) is 37.2 Å². The van der Waals surface area contributed by atoms with E-state index in [4.69, 9.17) is 10.00 Å². The Hall–Kier alpha value is -4.47. The van der Waals surface area contributed by atoms with Gasteiger partial charge in [0, 0.05) is 55.6 Å². The number of pyridine rings is 2. The van der Waals surface area contributed by atoms with E-state index in [1.54, 1.807) is 35.5 Å². The van der Waals surface area contributed by atoms with Crippen molar-refractivity contribution in [3.8, 4) is 34.9 Å². The molecule has 2 saturated heterocycles. The average Bonchev–Trinajstić information content (AvgIpc) is 2.91. The molecule has 1 spiro atoms. The number of nitrogens with zero attached hydrogens (tertiary/aromatic N) is 6. The molecule has 1 aromatic carbocycles. The number of amides is 1. The van der Waals surface area contributed by atoms with Crippen molar-refractivity contribution in [1.82, 2.24) is 14.9 Å². The molecule has 192 valence electrons. The van der Waals surface area contributed by atoms with Gasteiger partial charge in [-0.25, -0.2) is 0 Å². The molecule has 2 aliphatic heterocycles. The first kappa shape index (κ1) is 25.2. The minimum absolute atomic E-state index is 0.0923. The lowest BCUT2D eigenvalue weighted by molar-refractivity contribution is -0.161. The van der Waals surface area contributed by atoms with Gasteiger partial charge >= 0.3 is 0 Å². The smallest absolute Gasteiger partial charge is 0.253 e. The molecular formula is C29H28N6O3. The molecule has 9 nitrogen and oxygen atoms in total. The fourth-order valence-corrected chi connectivity index (χ4v) is 5.16. The summed E-state index contributed by atoms with van der Waals surface area (Å²) >= 11 is 0. The molecule has 0 saturated carbocycles. The zero-order valence-electron chi connectivity index (χ0n) is 21.4. The van der Waals surface area contributed by atoms with E-state index >= 15 is 0 Å². The Morgan fingerprint density at radius 3 is 2.42 bits per heavy atom. The first-order chi connectivity index (χ1) is 18.2. The normalized spacial score (nSPS) is 16.3. The van der Waals surface area contributed by atoms with E-state index in [1.165, 1.54) is 20.0 Å². The standard InChI is InChI=1S/C29H28N6O3/c1-28(2,37)27(36)35-18-29(19-35)7-9-34(10-8-29)26-6-4-23(11-21(26)14-31)38-24-12-22(16-32-17-24)25-5-3-20(13-30)15-33-25/h3-6,11-12,15-17,37H,7-10,18-19H2,1-2H3. The lowest BCUT2D eigenvalue weighted by Crippen LogP contribution is -2.64. The van der Waals surface area contributed by atoms with Crippen molar-refractivity contribution in [3.05, 3.63) is 66.1 Å². The van der Waals surface area contributed by atoms with Crippen LogP contribution < -0.4 is 9.64 Å². The molecule has 4 heterocycles. The molecule has 0 atom stereocenters. The molecule has 1 N–H and O–H groups in total. The molecule has 5 rings (SSSR count). The number of benzene rings is 1. The highest BCUT2D eigenvalue weighted by atomic mass is 16.5. The second kappa shape index (κ2) is 9.77. The Bertz CT molecular complexity index is 1430. The number of carbonyl (C=O) groups excluding carboxylic acids is 1. The number of likely N-dealkylation sites (tertiary alicyclic amines) is 1. The number of hydrogen-bond acceptors (Lipinski definition) is 8. The number of anilines is 1. The van der Waals surface area contributed by atoms with Crippen LogP contribution in [0.3, 0.4) is 0 Å². The summed E-state index contributed by atoms with van der Waals surface area (Å²) in [5.41, 5.74) is 2.07. The van der Waals surface area contributed by atoms with Crippen LogP contribution >= 0.6 is 0 Å². The molecule has 0 bridgehead atoms. The number of aromatic nitrogens is 2. The monoisotopic (exact) mass is 508 g/mol. The van der Waals surface area contributed by atoms with E-state index < -0.39 is 5.60 Å². The first-order valence-corrected chi connectivity index (χ1v) is 12.5. The van der Waals surface area contributed by atoms with Gasteiger partial charge < -0.3 is 19.6 Å². The van der Waals surface area contributed by atoms with E-state index in [0.29, 0.717) is 41.4 Å². The Morgan fingerprint density at radius 1 is 1.03 bits per heavy atom. The van der Waals surface area contributed by atoms with Crippen LogP contribution in [0.2, 0.25) is 0 Å². The third-order valence-electron chi connectivity index (χ3n) is 7.25. The molecular weight excluding hydrogens is 480 g/mol. The number of ether oxygens (including phenoxy) is 1. The minimum atomic E-state index is -1.34. The summed E-state index contributed by atoms with van der Waals surface area (Å²) in [5.74, 6) is 0.826. The summed E-state index contributed by atoms with van der Waals surface area (Å²) in [5, 5.41) is 28.8. The van der Waals surface area contributed by atoms with Gasteiger partial charge in [-0.1, -0.05) is 0 Å². The Morgan fingerprint density at radius 2 is 1.79 bits per heavy atom. The van der Waals surface area contributed by atoms with Gasteiger partial charge in [0.1, 0.15) is 29.2 Å². The topological polar surface area (TPSA) is 126 Å². The van der Waals surface area contributed by atoms with E-state index in [1.807, 2.05) is 18.2 Å². The second-order valence-corrected chi connectivity index (χ2v) is 10.6. The molecule has 2 aliphatic rings. The summed E-state index contributed by atoms with van der Waals surface area (Å²) in [7, 11) is 0. The zero-order chi connectivity index (χ0) is 26.9. The number of piperidine rings is 1. The zero-order valence-corrected chi connectivity index (χ0v) is 21.4. The highest BCUT2D eigenvalue weighted by molar-refractivity contribution is 5.85. The van der Waals surface area contributed by atoms with Crippen molar-refractivity contribution in [2.24, 2.45) is 5.41 Å². The fourth-order valence-electron chi connectivity index (χ4n) is 5.16. The third kappa shape index (κ3) is 5.02. The summed E-state index contributed by atoms with van der Waals surface area (Å²) < 4.78 is 6.02. The lowest BCUT2D eigenvalue weighted by Gasteiger charge is -2.55. The SMILES string of the molecule is CC(C)(O)C(=O)N1CC2(CCN(c3ccc(Oc4cncc(-c5ccc(C#N)cn5)c4)cc3C#N)CC2)C1. The summed E-state index contributed by atoms with van der Waals surface area (Å²) in [4.78, 5) is 24.8. The quantitative estimate of drug-likeness (QED) is 0.550. The molecule has 0 unspecified atom stereocenters. The Balaban J connectivity index is 1.24. The molecule has 0 radical (unpaired) electrons. The Labute approximate surface area is 221 Å². The predicted molar refractivity (Wildman–Crippen MR) is 140 cm³/mol. The molecule has 2 aromatic heterocycles. The molecule has 9 heteroatoms. The largest absolute Gasteiger partial charge is 0.456 e. The maximum atomic E-state index is 12.3. The molecule has 0 aliphatic carbocycles. The maximum Gasteiger partial charge on any atom is 0.253 e. The molecule has 38 heavy (non-hydrogen) atoms. The van der Waals surface area contributed by atoms with Crippen LogP contribution in [0.25, 0.3) is 11.3 Å². The summed E-state index contributed by atoms with van der Waals surface area (Å²) in [6.45, 7) is 5.99. The van der Waals surface area contributed by atoms with Crippen molar-refractivity contribution >= 4 is 11.6 Å². The number of hydrogen-bond donors (Lipinski definition) is 1. The highest BCUT2D eigenvalue weighted by Gasteiger charge is 2.49. The van der Waals surface area contributed by atoms with Gasteiger partial charge in [0.05, 0.1) is 28.7 Å². The van der Waals surface area contributed by atoms with Crippen molar-refractivity contribution in [1.29, 1.82) is 10.5 Å². The number of aliphatic hydroxyl groups is 1. The second-order valence-electron chi connectivity index (χ2n) is 10.6. The van der Waals surface area contributed by atoms with Gasteiger partial charge in [-0.05, 0) is 57.0 Å². The van der Waals surface area contributed by atoms with Crippen LogP contribution in [0.4, 0.5) is 5.69 Å². The van der Waals surface area contributed by atoms with Gasteiger partial charge in [-0.3, -0.25) is 14.8 Å². The molecule has 2 fully saturated rings. The van der Waals surface area contributed by atoms with Crippen molar-refractivity contribution < 1.29 is 14.6 Å². The summed E-state index contributed by atoms with van der Waals surface area (Å²) in [6, 6.07) is 15.1. The van der Waals surface area contributed by atoms with Gasteiger partial charge in [0.25, 0.3) is 5.91 Å². The average molecular weight is 509 g/mol. The number of nitriles is 2. The van der Waals surface area contributed by atoms with Gasteiger partial charge in [-0.15, -0.1) is 0 Å². The van der Waals surface area contributed by atoms with E-state index in [9.17, 15) is 15.2 Å². The van der Waals surface area contributed by atoms with Crippen LogP contribution in [0, 0.1) is 28.1 Å². The summed E-state index contributed by atoms with van der Waals surface area (Å²) in [6.07, 6.45) is 6.64. The number of carbonyl (C=O) groups is 1. The van der Waals surface area contributed by atoms with Crippen molar-refractivity contribution in [2.45, 2.75) is 32.3 Å². The van der Waals surface area contributed by atoms with Crippen LogP contribution in [0.5, 0.6) is 11.5 Å². The first-order valence-electron chi connectivity index (χ1n) is 12.5. The van der Waals surface area contributed by atoms with Crippen LogP contribution in [-0.4, -0.2) is 57.7 Å². The van der Waals surface area contributed by atoms with Crippen LogP contribution in [0.1, 0.15) is 37.8 Å². The predicted octanol–water partition coefficient (Wildman–Crippen LogP) is 3.88. The lowest BCUT2D eigenvalue weighted by atomic mass is 9.71. The van der Waals surface area contributed by atoms with Crippen molar-refractivity contribution in [2.75, 3.05) is 31.1 Å². The van der Waals surface area contributed by atoms with E-state index in [-0.39, 0.29) is 11.3 Å². The highest BCUT2D eigenvalue weighted by Crippen LogP contribution is 2.43. The third-order valence-corrected chi connectivity index (χ3v) is 7.25. The van der Waals surface area contributed by atoms with Crippen LogP contribution in [-0.2, 0) is 4.79 Å². The molecule has 1 amide bonds. The Kier molecular flexibility index (Phi) is 6.48. The number of rotatable bonds is 5. The fraction of sp³-hybridized carbons (Fsp3) is 0.345. The van der Waals surface area contributed by atoms with Crippen LogP contribution in [0.15, 0.2) is 55.0 Å². The molecule has 3 aromatic rings. The van der Waals surface area contributed by atoms with Crippen molar-refractivity contribution in [3.63, 3.8) is 0 Å². The van der Waals surface area contributed by atoms with Gasteiger partial charge in [0.2, 0.25) is 0 Å². The van der Waals surface area contributed by atoms with Gasteiger partial charge in [0.15, 0.2) is 0 Å². The maximum absolute atomic E-state index is 12.3. The minimum Gasteiger partial charge on any atom is -0.456 e. The van der Waals surface area contributed by atoms with E-state index in [2.05, 4.69) is 27.0 Å². The van der Waals surface area contributed by atoms with Gasteiger partial charge in [-0.2, -0.15) is 10.5 Å².